The van der Waals surface area contributed by atoms with E-state index >= 15 is 0 Å². The highest BCUT2D eigenvalue weighted by molar-refractivity contribution is 6.21. The second-order valence-corrected chi connectivity index (χ2v) is 4.21. The molecule has 72 valence electrons. The van der Waals surface area contributed by atoms with Gasteiger partial charge in [-0.25, -0.2) is 9.97 Å². The van der Waals surface area contributed by atoms with Gasteiger partial charge in [-0.1, -0.05) is 0 Å². The summed E-state index contributed by atoms with van der Waals surface area (Å²) in [6, 6.07) is 1.82. The SMILES string of the molecule is CC(Cl)C(C)(C)Nc1ccncn1. The van der Waals surface area contributed by atoms with Gasteiger partial charge in [-0.2, -0.15) is 0 Å². The van der Waals surface area contributed by atoms with Crippen molar-refractivity contribution in [3.63, 3.8) is 0 Å². The van der Waals surface area contributed by atoms with Crippen LogP contribution in [-0.4, -0.2) is 20.9 Å². The molecule has 1 unspecified atom stereocenters. The number of halogens is 1. The van der Waals surface area contributed by atoms with E-state index in [1.807, 2.05) is 26.8 Å². The summed E-state index contributed by atoms with van der Waals surface area (Å²) in [6.07, 6.45) is 3.21. The molecule has 4 heteroatoms. The van der Waals surface area contributed by atoms with Gasteiger partial charge >= 0.3 is 0 Å². The van der Waals surface area contributed by atoms with Gasteiger partial charge in [0.1, 0.15) is 12.1 Å². The Morgan fingerprint density at radius 2 is 2.23 bits per heavy atom. The van der Waals surface area contributed by atoms with Gasteiger partial charge in [-0.3, -0.25) is 0 Å². The predicted octanol–water partition coefficient (Wildman–Crippen LogP) is 2.29. The molecule has 0 saturated carbocycles. The highest BCUT2D eigenvalue weighted by Crippen LogP contribution is 2.19. The Labute approximate surface area is 83.5 Å². The van der Waals surface area contributed by atoms with Gasteiger partial charge in [0.15, 0.2) is 0 Å². The fraction of sp³-hybridized carbons (Fsp3) is 0.556. The third-order valence-electron chi connectivity index (χ3n) is 2.03. The fourth-order valence-electron chi connectivity index (χ4n) is 0.794. The molecule has 0 amide bonds. The Hall–Kier alpha value is -0.830. The lowest BCUT2D eigenvalue weighted by atomic mass is 10.0. The Balaban J connectivity index is 2.69. The number of alkyl halides is 1. The van der Waals surface area contributed by atoms with Crippen molar-refractivity contribution in [1.29, 1.82) is 0 Å². The van der Waals surface area contributed by atoms with Crippen LogP contribution in [0.3, 0.4) is 0 Å². The van der Waals surface area contributed by atoms with Crippen LogP contribution >= 0.6 is 11.6 Å². The molecular formula is C9H14ClN3. The first-order valence-electron chi connectivity index (χ1n) is 4.20. The molecule has 0 radical (unpaired) electrons. The van der Waals surface area contributed by atoms with E-state index < -0.39 is 0 Å². The van der Waals surface area contributed by atoms with E-state index in [9.17, 15) is 0 Å². The van der Waals surface area contributed by atoms with Crippen molar-refractivity contribution < 1.29 is 0 Å². The van der Waals surface area contributed by atoms with Crippen molar-refractivity contribution in [2.75, 3.05) is 5.32 Å². The molecule has 0 spiro atoms. The lowest BCUT2D eigenvalue weighted by Crippen LogP contribution is -2.39. The Bertz CT molecular complexity index is 259. The van der Waals surface area contributed by atoms with Crippen LogP contribution in [0.2, 0.25) is 0 Å². The van der Waals surface area contributed by atoms with Crippen LogP contribution in [0.5, 0.6) is 0 Å². The van der Waals surface area contributed by atoms with Crippen LogP contribution in [0.1, 0.15) is 20.8 Å². The summed E-state index contributed by atoms with van der Waals surface area (Å²) in [7, 11) is 0. The van der Waals surface area contributed by atoms with Crippen LogP contribution in [0, 0.1) is 0 Å². The number of nitrogens with zero attached hydrogens (tertiary/aromatic N) is 2. The monoisotopic (exact) mass is 199 g/mol. The quantitative estimate of drug-likeness (QED) is 0.760. The Kier molecular flexibility index (Phi) is 3.09. The number of hydrogen-bond donors (Lipinski definition) is 1. The smallest absolute Gasteiger partial charge is 0.129 e. The maximum absolute atomic E-state index is 6.01. The van der Waals surface area contributed by atoms with E-state index in [0.717, 1.165) is 5.82 Å². The van der Waals surface area contributed by atoms with Crippen molar-refractivity contribution in [3.8, 4) is 0 Å². The molecule has 0 aliphatic rings. The summed E-state index contributed by atoms with van der Waals surface area (Å²) in [6.45, 7) is 6.02. The molecular weight excluding hydrogens is 186 g/mol. The van der Waals surface area contributed by atoms with Crippen molar-refractivity contribution >= 4 is 17.4 Å². The topological polar surface area (TPSA) is 37.8 Å². The molecule has 3 nitrogen and oxygen atoms in total. The Morgan fingerprint density at radius 3 is 2.69 bits per heavy atom. The average Bonchev–Trinajstić information content (AvgIpc) is 2.05. The van der Waals surface area contributed by atoms with Gasteiger partial charge in [0.05, 0.1) is 5.38 Å². The highest BCUT2D eigenvalue weighted by atomic mass is 35.5. The lowest BCUT2D eigenvalue weighted by Gasteiger charge is -2.29. The fourth-order valence-corrected chi connectivity index (χ4v) is 0.849. The summed E-state index contributed by atoms with van der Waals surface area (Å²) >= 11 is 6.01. The number of nitrogens with one attached hydrogen (secondary N) is 1. The minimum Gasteiger partial charge on any atom is -0.364 e. The normalized spacial score (nSPS) is 13.8. The molecule has 1 heterocycles. The first-order chi connectivity index (χ1) is 6.02. The zero-order valence-electron chi connectivity index (χ0n) is 8.08. The van der Waals surface area contributed by atoms with Gasteiger partial charge in [-0.15, -0.1) is 11.6 Å². The minimum absolute atomic E-state index is 0.0301. The minimum atomic E-state index is -0.171. The highest BCUT2D eigenvalue weighted by Gasteiger charge is 2.23. The number of hydrogen-bond acceptors (Lipinski definition) is 3. The third-order valence-corrected chi connectivity index (χ3v) is 2.57. The van der Waals surface area contributed by atoms with E-state index in [1.165, 1.54) is 6.33 Å². The predicted molar refractivity (Wildman–Crippen MR) is 55.0 cm³/mol. The van der Waals surface area contributed by atoms with Crippen LogP contribution in [0.4, 0.5) is 5.82 Å². The summed E-state index contributed by atoms with van der Waals surface area (Å²) < 4.78 is 0. The van der Waals surface area contributed by atoms with Crippen LogP contribution < -0.4 is 5.32 Å². The van der Waals surface area contributed by atoms with E-state index in [4.69, 9.17) is 11.6 Å². The molecule has 1 rings (SSSR count). The Morgan fingerprint density at radius 1 is 1.54 bits per heavy atom. The summed E-state index contributed by atoms with van der Waals surface area (Å²) in [4.78, 5) is 7.90. The molecule has 0 aliphatic heterocycles. The van der Waals surface area contributed by atoms with E-state index in [1.54, 1.807) is 6.20 Å². The summed E-state index contributed by atoms with van der Waals surface area (Å²) in [5.41, 5.74) is -0.171. The zero-order chi connectivity index (χ0) is 9.90. The molecule has 0 aliphatic carbocycles. The van der Waals surface area contributed by atoms with Gasteiger partial charge in [0, 0.05) is 11.7 Å². The molecule has 1 N–H and O–H groups in total. The van der Waals surface area contributed by atoms with E-state index in [2.05, 4.69) is 15.3 Å². The molecule has 1 aromatic rings. The molecule has 1 aromatic heterocycles. The molecule has 0 bridgehead atoms. The van der Waals surface area contributed by atoms with Crippen LogP contribution in [-0.2, 0) is 0 Å². The number of anilines is 1. The van der Waals surface area contributed by atoms with Crippen molar-refractivity contribution in [1.82, 2.24) is 9.97 Å². The first kappa shape index (κ1) is 10.3. The van der Waals surface area contributed by atoms with E-state index in [-0.39, 0.29) is 10.9 Å². The van der Waals surface area contributed by atoms with Gasteiger partial charge in [0.2, 0.25) is 0 Å². The molecule has 13 heavy (non-hydrogen) atoms. The van der Waals surface area contributed by atoms with Gasteiger partial charge < -0.3 is 5.32 Å². The standard InChI is InChI=1S/C9H14ClN3/c1-7(10)9(2,3)13-8-4-5-11-6-12-8/h4-7H,1-3H3,(H,11,12,13). The zero-order valence-corrected chi connectivity index (χ0v) is 8.84. The molecule has 1 atom stereocenters. The second-order valence-electron chi connectivity index (χ2n) is 3.56. The maximum atomic E-state index is 6.01. The lowest BCUT2D eigenvalue weighted by molar-refractivity contribution is 0.552. The third kappa shape index (κ3) is 2.84. The number of rotatable bonds is 3. The van der Waals surface area contributed by atoms with Crippen molar-refractivity contribution in [2.45, 2.75) is 31.7 Å². The van der Waals surface area contributed by atoms with Gasteiger partial charge in [-0.05, 0) is 26.8 Å². The summed E-state index contributed by atoms with van der Waals surface area (Å²) in [5, 5.41) is 3.26. The molecule has 0 fully saturated rings. The largest absolute Gasteiger partial charge is 0.364 e. The first-order valence-corrected chi connectivity index (χ1v) is 4.64. The van der Waals surface area contributed by atoms with Gasteiger partial charge in [0.25, 0.3) is 0 Å². The van der Waals surface area contributed by atoms with E-state index in [0.29, 0.717) is 0 Å². The summed E-state index contributed by atoms with van der Waals surface area (Å²) in [5.74, 6) is 0.799. The van der Waals surface area contributed by atoms with Crippen molar-refractivity contribution in [2.24, 2.45) is 0 Å². The van der Waals surface area contributed by atoms with Crippen LogP contribution in [0.25, 0.3) is 0 Å². The van der Waals surface area contributed by atoms with Crippen LogP contribution in [0.15, 0.2) is 18.6 Å². The average molecular weight is 200 g/mol. The number of aromatic nitrogens is 2. The van der Waals surface area contributed by atoms with Crippen molar-refractivity contribution in [3.05, 3.63) is 18.6 Å². The molecule has 0 aromatic carbocycles. The second kappa shape index (κ2) is 3.92. The molecule has 0 saturated heterocycles. The maximum Gasteiger partial charge on any atom is 0.129 e.